The largest absolute Gasteiger partial charge is 0.496 e. The van der Waals surface area contributed by atoms with Crippen molar-refractivity contribution in [2.45, 2.75) is 20.4 Å². The number of anilines is 1. The number of para-hydroxylation sites is 1. The fourth-order valence-electron chi connectivity index (χ4n) is 2.42. The van der Waals surface area contributed by atoms with Gasteiger partial charge in [0.2, 0.25) is 5.91 Å². The Hall–Kier alpha value is -2.04. The van der Waals surface area contributed by atoms with Crippen molar-refractivity contribution < 1.29 is 9.53 Å². The first-order valence-corrected chi connectivity index (χ1v) is 7.78. The number of amides is 1. The van der Waals surface area contributed by atoms with Gasteiger partial charge < -0.3 is 15.4 Å². The number of benzene rings is 2. The SMILES string of the molecule is COc1ccccc1CNCC(=O)Nc1c(C)cc(C)cc1Cl. The van der Waals surface area contributed by atoms with E-state index >= 15 is 0 Å². The minimum atomic E-state index is -0.131. The van der Waals surface area contributed by atoms with Gasteiger partial charge >= 0.3 is 0 Å². The molecule has 1 amide bonds. The van der Waals surface area contributed by atoms with Crippen LogP contribution < -0.4 is 15.4 Å². The molecule has 5 heteroatoms. The van der Waals surface area contributed by atoms with Crippen molar-refractivity contribution in [2.75, 3.05) is 19.0 Å². The number of aryl methyl sites for hydroxylation is 2. The van der Waals surface area contributed by atoms with E-state index in [1.807, 2.05) is 50.2 Å². The molecule has 2 rings (SSSR count). The van der Waals surface area contributed by atoms with E-state index in [9.17, 15) is 4.79 Å². The Labute approximate surface area is 141 Å². The summed E-state index contributed by atoms with van der Waals surface area (Å²) in [6.45, 7) is 4.65. The number of ether oxygens (including phenoxy) is 1. The molecule has 4 nitrogen and oxygen atoms in total. The highest BCUT2D eigenvalue weighted by Gasteiger charge is 2.09. The van der Waals surface area contributed by atoms with Crippen LogP contribution in [-0.4, -0.2) is 19.6 Å². The smallest absolute Gasteiger partial charge is 0.238 e. The van der Waals surface area contributed by atoms with Crippen LogP contribution in [0.25, 0.3) is 0 Å². The fourth-order valence-corrected chi connectivity index (χ4v) is 2.79. The summed E-state index contributed by atoms with van der Waals surface area (Å²) in [5, 5.41) is 6.52. The Morgan fingerprint density at radius 1 is 1.22 bits per heavy atom. The number of hydrogen-bond acceptors (Lipinski definition) is 3. The zero-order valence-electron chi connectivity index (χ0n) is 13.6. The summed E-state index contributed by atoms with van der Waals surface area (Å²) >= 11 is 6.20. The second-order valence-electron chi connectivity index (χ2n) is 5.40. The molecule has 0 spiro atoms. The Bertz CT molecular complexity index is 678. The quantitative estimate of drug-likeness (QED) is 0.848. The summed E-state index contributed by atoms with van der Waals surface area (Å²) in [6.07, 6.45) is 0. The van der Waals surface area contributed by atoms with Gasteiger partial charge in [-0.1, -0.05) is 35.9 Å². The average molecular weight is 333 g/mol. The van der Waals surface area contributed by atoms with Gasteiger partial charge in [-0.25, -0.2) is 0 Å². The zero-order chi connectivity index (χ0) is 16.8. The van der Waals surface area contributed by atoms with Crippen molar-refractivity contribution in [3.63, 3.8) is 0 Å². The number of halogens is 1. The van der Waals surface area contributed by atoms with E-state index in [4.69, 9.17) is 16.3 Å². The van der Waals surface area contributed by atoms with Gasteiger partial charge in [-0.05, 0) is 37.1 Å². The van der Waals surface area contributed by atoms with Crippen LogP contribution in [0.1, 0.15) is 16.7 Å². The molecule has 0 aromatic heterocycles. The maximum atomic E-state index is 12.1. The lowest BCUT2D eigenvalue weighted by Crippen LogP contribution is -2.28. The van der Waals surface area contributed by atoms with Crippen molar-refractivity contribution in [1.29, 1.82) is 0 Å². The molecule has 2 aromatic carbocycles. The molecule has 0 saturated carbocycles. The molecule has 0 unspecified atom stereocenters. The molecule has 0 aliphatic carbocycles. The second kappa shape index (κ2) is 7.99. The predicted molar refractivity (Wildman–Crippen MR) is 94.3 cm³/mol. The predicted octanol–water partition coefficient (Wildman–Crippen LogP) is 3.69. The zero-order valence-corrected chi connectivity index (χ0v) is 14.3. The number of methoxy groups -OCH3 is 1. The molecular formula is C18H21ClN2O2. The molecule has 0 bridgehead atoms. The van der Waals surface area contributed by atoms with Gasteiger partial charge in [-0.15, -0.1) is 0 Å². The summed E-state index contributed by atoms with van der Waals surface area (Å²) in [4.78, 5) is 12.1. The van der Waals surface area contributed by atoms with Crippen LogP contribution in [0.4, 0.5) is 5.69 Å². The van der Waals surface area contributed by atoms with Crippen LogP contribution in [0.15, 0.2) is 36.4 Å². The molecule has 0 heterocycles. The Morgan fingerprint density at radius 3 is 2.65 bits per heavy atom. The molecule has 0 radical (unpaired) electrons. The number of hydrogen-bond donors (Lipinski definition) is 2. The monoisotopic (exact) mass is 332 g/mol. The molecule has 0 atom stereocenters. The first-order chi connectivity index (χ1) is 11.0. The van der Waals surface area contributed by atoms with Crippen LogP contribution in [0.5, 0.6) is 5.75 Å². The normalized spacial score (nSPS) is 10.4. The third kappa shape index (κ3) is 4.71. The van der Waals surface area contributed by atoms with Gasteiger partial charge in [0.15, 0.2) is 0 Å². The first kappa shape index (κ1) is 17.3. The van der Waals surface area contributed by atoms with Crippen molar-refractivity contribution in [2.24, 2.45) is 0 Å². The Morgan fingerprint density at radius 2 is 1.96 bits per heavy atom. The summed E-state index contributed by atoms with van der Waals surface area (Å²) in [5.41, 5.74) is 3.70. The molecular weight excluding hydrogens is 312 g/mol. The Kier molecular flexibility index (Phi) is 6.02. The second-order valence-corrected chi connectivity index (χ2v) is 5.81. The van der Waals surface area contributed by atoms with E-state index < -0.39 is 0 Å². The third-order valence-electron chi connectivity index (χ3n) is 3.49. The molecule has 23 heavy (non-hydrogen) atoms. The van der Waals surface area contributed by atoms with E-state index in [1.165, 1.54) is 0 Å². The highest BCUT2D eigenvalue weighted by molar-refractivity contribution is 6.34. The van der Waals surface area contributed by atoms with Crippen molar-refractivity contribution in [3.05, 3.63) is 58.1 Å². The number of carbonyl (C=O) groups excluding carboxylic acids is 1. The number of carbonyl (C=O) groups is 1. The summed E-state index contributed by atoms with van der Waals surface area (Å²) in [5.74, 6) is 0.673. The number of nitrogens with one attached hydrogen (secondary N) is 2. The molecule has 0 saturated heterocycles. The lowest BCUT2D eigenvalue weighted by atomic mass is 10.1. The lowest BCUT2D eigenvalue weighted by Gasteiger charge is -2.13. The minimum absolute atomic E-state index is 0.131. The number of rotatable bonds is 6. The van der Waals surface area contributed by atoms with Crippen molar-refractivity contribution >= 4 is 23.2 Å². The van der Waals surface area contributed by atoms with Crippen LogP contribution in [0, 0.1) is 13.8 Å². The van der Waals surface area contributed by atoms with Crippen LogP contribution in [-0.2, 0) is 11.3 Å². The van der Waals surface area contributed by atoms with E-state index in [2.05, 4.69) is 10.6 Å². The highest BCUT2D eigenvalue weighted by atomic mass is 35.5. The van der Waals surface area contributed by atoms with Crippen LogP contribution in [0.3, 0.4) is 0 Å². The summed E-state index contributed by atoms with van der Waals surface area (Å²) in [6, 6.07) is 11.5. The molecule has 2 aromatic rings. The summed E-state index contributed by atoms with van der Waals surface area (Å²) in [7, 11) is 1.63. The van der Waals surface area contributed by atoms with Crippen molar-refractivity contribution in [3.8, 4) is 5.75 Å². The van der Waals surface area contributed by atoms with Crippen LogP contribution in [0.2, 0.25) is 5.02 Å². The van der Waals surface area contributed by atoms with Gasteiger partial charge in [0, 0.05) is 12.1 Å². The van der Waals surface area contributed by atoms with Gasteiger partial charge in [0.25, 0.3) is 0 Å². The van der Waals surface area contributed by atoms with E-state index in [0.29, 0.717) is 17.3 Å². The fraction of sp³-hybridized carbons (Fsp3) is 0.278. The summed E-state index contributed by atoms with van der Waals surface area (Å²) < 4.78 is 5.28. The van der Waals surface area contributed by atoms with Gasteiger partial charge in [0.05, 0.1) is 24.4 Å². The van der Waals surface area contributed by atoms with E-state index in [-0.39, 0.29) is 12.5 Å². The van der Waals surface area contributed by atoms with Gasteiger partial charge in [-0.2, -0.15) is 0 Å². The standard InChI is InChI=1S/C18H21ClN2O2/c1-12-8-13(2)18(15(19)9-12)21-17(22)11-20-10-14-6-4-5-7-16(14)23-3/h4-9,20H,10-11H2,1-3H3,(H,21,22). The molecule has 122 valence electrons. The minimum Gasteiger partial charge on any atom is -0.496 e. The Balaban J connectivity index is 1.91. The molecule has 0 aliphatic rings. The maximum Gasteiger partial charge on any atom is 0.238 e. The average Bonchev–Trinajstić information content (AvgIpc) is 2.51. The van der Waals surface area contributed by atoms with E-state index in [1.54, 1.807) is 7.11 Å². The van der Waals surface area contributed by atoms with Crippen LogP contribution >= 0.6 is 11.6 Å². The molecule has 2 N–H and O–H groups in total. The molecule has 0 aliphatic heterocycles. The highest BCUT2D eigenvalue weighted by Crippen LogP contribution is 2.27. The first-order valence-electron chi connectivity index (χ1n) is 7.40. The third-order valence-corrected chi connectivity index (χ3v) is 3.79. The maximum absolute atomic E-state index is 12.1. The lowest BCUT2D eigenvalue weighted by molar-refractivity contribution is -0.115. The topological polar surface area (TPSA) is 50.4 Å². The van der Waals surface area contributed by atoms with Crippen molar-refractivity contribution in [1.82, 2.24) is 5.32 Å². The van der Waals surface area contributed by atoms with Gasteiger partial charge in [-0.3, -0.25) is 4.79 Å². The molecule has 0 fully saturated rings. The van der Waals surface area contributed by atoms with E-state index in [0.717, 1.165) is 22.4 Å². The van der Waals surface area contributed by atoms with Gasteiger partial charge in [0.1, 0.15) is 5.75 Å².